The average molecular weight is 588 g/mol. The van der Waals surface area contributed by atoms with Crippen LogP contribution in [0.15, 0.2) is 76.1 Å². The fourth-order valence-electron chi connectivity index (χ4n) is 3.39. The Balaban J connectivity index is 1.53. The fourth-order valence-corrected chi connectivity index (χ4v) is 4.99. The van der Waals surface area contributed by atoms with Crippen molar-refractivity contribution in [3.8, 4) is 11.5 Å². The number of carbonyl (C=O) groups excluding carboxylic acids is 3. The van der Waals surface area contributed by atoms with Crippen molar-refractivity contribution in [1.82, 2.24) is 0 Å². The highest BCUT2D eigenvalue weighted by molar-refractivity contribution is 9.10. The molecule has 0 atom stereocenters. The van der Waals surface area contributed by atoms with Crippen LogP contribution in [0.25, 0.3) is 6.08 Å². The molecule has 36 heavy (non-hydrogen) atoms. The van der Waals surface area contributed by atoms with Crippen LogP contribution in [0.2, 0.25) is 5.02 Å². The molecule has 0 aromatic heterocycles. The van der Waals surface area contributed by atoms with Crippen LogP contribution in [0.1, 0.15) is 12.5 Å². The van der Waals surface area contributed by atoms with Crippen LogP contribution in [0.4, 0.5) is 16.2 Å². The normalized spacial score (nSPS) is 14.3. The molecule has 0 aliphatic carbocycles. The van der Waals surface area contributed by atoms with Crippen molar-refractivity contribution >= 4 is 73.8 Å². The van der Waals surface area contributed by atoms with Crippen molar-refractivity contribution in [1.29, 1.82) is 0 Å². The summed E-state index contributed by atoms with van der Waals surface area (Å²) in [6.07, 6.45) is 1.61. The van der Waals surface area contributed by atoms with Crippen molar-refractivity contribution in [3.63, 3.8) is 0 Å². The Bertz CT molecular complexity index is 1350. The molecule has 3 aromatic carbocycles. The summed E-state index contributed by atoms with van der Waals surface area (Å²) in [6.45, 7) is 1.95. The van der Waals surface area contributed by atoms with E-state index in [0.29, 0.717) is 44.5 Å². The molecule has 3 amide bonds. The number of imide groups is 1. The van der Waals surface area contributed by atoms with Gasteiger partial charge in [-0.3, -0.25) is 14.4 Å². The third kappa shape index (κ3) is 6.10. The molecule has 1 fully saturated rings. The third-order valence-corrected chi connectivity index (χ3v) is 6.59. The minimum absolute atomic E-state index is 0.231. The molecule has 184 valence electrons. The summed E-state index contributed by atoms with van der Waals surface area (Å²) >= 11 is 10.3. The SMILES string of the molecule is CCOc1cc(/C=C2/SC(=O)N(c3cccc(Cl)c3)C2=O)cc(Br)c1OCC(=O)Nc1ccccc1. The van der Waals surface area contributed by atoms with E-state index >= 15 is 0 Å². The van der Waals surface area contributed by atoms with Crippen LogP contribution in [0.3, 0.4) is 0 Å². The number of para-hydroxylation sites is 1. The van der Waals surface area contributed by atoms with Gasteiger partial charge >= 0.3 is 0 Å². The van der Waals surface area contributed by atoms with Crippen LogP contribution in [0, 0.1) is 0 Å². The van der Waals surface area contributed by atoms with Gasteiger partial charge in [-0.25, -0.2) is 4.90 Å². The maximum Gasteiger partial charge on any atom is 0.298 e. The first-order valence-corrected chi connectivity index (χ1v) is 12.8. The molecule has 3 aromatic rings. The van der Waals surface area contributed by atoms with Crippen LogP contribution < -0.4 is 19.7 Å². The summed E-state index contributed by atoms with van der Waals surface area (Å²) in [7, 11) is 0. The molecule has 1 aliphatic rings. The molecule has 7 nitrogen and oxygen atoms in total. The molecule has 0 radical (unpaired) electrons. The quantitative estimate of drug-likeness (QED) is 0.293. The molecule has 10 heteroatoms. The van der Waals surface area contributed by atoms with Crippen LogP contribution in [-0.4, -0.2) is 30.3 Å². The first-order valence-electron chi connectivity index (χ1n) is 10.8. The van der Waals surface area contributed by atoms with Gasteiger partial charge < -0.3 is 14.8 Å². The van der Waals surface area contributed by atoms with Crippen molar-refractivity contribution < 1.29 is 23.9 Å². The minimum atomic E-state index is -0.445. The Morgan fingerprint density at radius 2 is 1.86 bits per heavy atom. The average Bonchev–Trinajstić information content (AvgIpc) is 3.11. The lowest BCUT2D eigenvalue weighted by atomic mass is 10.1. The first kappa shape index (κ1) is 25.8. The largest absolute Gasteiger partial charge is 0.490 e. The van der Waals surface area contributed by atoms with E-state index in [9.17, 15) is 14.4 Å². The van der Waals surface area contributed by atoms with E-state index in [4.69, 9.17) is 21.1 Å². The smallest absolute Gasteiger partial charge is 0.298 e. The molecular weight excluding hydrogens is 568 g/mol. The Kier molecular flexibility index (Phi) is 8.35. The Morgan fingerprint density at radius 3 is 2.58 bits per heavy atom. The third-order valence-electron chi connectivity index (χ3n) is 4.89. The lowest BCUT2D eigenvalue weighted by Gasteiger charge is -2.15. The standard InChI is InChI=1S/C26H20BrClN2O5S/c1-2-34-21-12-16(11-20(27)24(21)35-15-23(31)29-18-8-4-3-5-9-18)13-22-25(32)30(26(33)36-22)19-10-6-7-17(28)14-19/h3-14H,2,15H2,1H3,(H,29,31)/b22-13+. The summed E-state index contributed by atoms with van der Waals surface area (Å²) in [5, 5.41) is 2.77. The van der Waals surface area contributed by atoms with Gasteiger partial charge in [-0.2, -0.15) is 0 Å². The van der Waals surface area contributed by atoms with E-state index in [2.05, 4.69) is 21.2 Å². The Morgan fingerprint density at radius 1 is 1.08 bits per heavy atom. The molecular formula is C26H20BrClN2O5S. The molecule has 0 saturated carbocycles. The number of benzene rings is 3. The van der Waals surface area contributed by atoms with E-state index < -0.39 is 11.1 Å². The topological polar surface area (TPSA) is 84.9 Å². The van der Waals surface area contributed by atoms with Gasteiger partial charge in [0.25, 0.3) is 17.1 Å². The zero-order chi connectivity index (χ0) is 25.7. The number of halogens is 2. The molecule has 1 heterocycles. The van der Waals surface area contributed by atoms with Crippen LogP contribution in [-0.2, 0) is 9.59 Å². The summed E-state index contributed by atoms with van der Waals surface area (Å²) in [5.74, 6) is -0.0301. The number of nitrogens with one attached hydrogen (secondary N) is 1. The highest BCUT2D eigenvalue weighted by atomic mass is 79.9. The van der Waals surface area contributed by atoms with Gasteiger partial charge in [-0.15, -0.1) is 0 Å². The molecule has 1 aliphatic heterocycles. The van der Waals surface area contributed by atoms with E-state index in [1.54, 1.807) is 54.6 Å². The van der Waals surface area contributed by atoms with E-state index in [0.717, 1.165) is 16.7 Å². The Labute approximate surface area is 225 Å². The number of rotatable bonds is 8. The maximum absolute atomic E-state index is 13.0. The van der Waals surface area contributed by atoms with Crippen molar-refractivity contribution in [3.05, 3.63) is 86.7 Å². The van der Waals surface area contributed by atoms with Gasteiger partial charge in [0.05, 0.1) is 21.7 Å². The van der Waals surface area contributed by atoms with Gasteiger partial charge in [-0.1, -0.05) is 35.9 Å². The number of ether oxygens (including phenoxy) is 2. The molecule has 0 bridgehead atoms. The number of hydrogen-bond acceptors (Lipinski definition) is 6. The number of carbonyl (C=O) groups is 3. The molecule has 4 rings (SSSR count). The molecule has 1 N–H and O–H groups in total. The highest BCUT2D eigenvalue weighted by Crippen LogP contribution is 2.40. The second kappa shape index (κ2) is 11.6. The lowest BCUT2D eigenvalue weighted by molar-refractivity contribution is -0.118. The number of thioether (sulfide) groups is 1. The fraction of sp³-hybridized carbons (Fsp3) is 0.115. The van der Waals surface area contributed by atoms with E-state index in [1.807, 2.05) is 25.1 Å². The Hall–Kier alpha value is -3.27. The van der Waals surface area contributed by atoms with E-state index in [1.165, 1.54) is 0 Å². The van der Waals surface area contributed by atoms with Crippen LogP contribution >= 0.6 is 39.3 Å². The van der Waals surface area contributed by atoms with Gasteiger partial charge in [0.15, 0.2) is 18.1 Å². The first-order chi connectivity index (χ1) is 17.4. The van der Waals surface area contributed by atoms with Gasteiger partial charge in [0.1, 0.15) is 0 Å². The lowest BCUT2D eigenvalue weighted by Crippen LogP contribution is -2.27. The summed E-state index contributed by atoms with van der Waals surface area (Å²) in [5.41, 5.74) is 1.68. The zero-order valence-corrected chi connectivity index (χ0v) is 22.2. The molecule has 0 spiro atoms. The number of hydrogen-bond donors (Lipinski definition) is 1. The second-order valence-corrected chi connectivity index (χ2v) is 9.75. The number of anilines is 2. The number of nitrogens with zero attached hydrogens (tertiary/aromatic N) is 1. The summed E-state index contributed by atoms with van der Waals surface area (Å²) in [6, 6.07) is 19.0. The van der Waals surface area contributed by atoms with Gasteiger partial charge in [0, 0.05) is 10.7 Å². The summed E-state index contributed by atoms with van der Waals surface area (Å²) < 4.78 is 12.0. The second-order valence-electron chi connectivity index (χ2n) is 7.46. The van der Waals surface area contributed by atoms with Crippen molar-refractivity contribution in [2.75, 3.05) is 23.4 Å². The highest BCUT2D eigenvalue weighted by Gasteiger charge is 2.36. The van der Waals surface area contributed by atoms with Gasteiger partial charge in [-0.05, 0) is 88.7 Å². The minimum Gasteiger partial charge on any atom is -0.490 e. The number of amides is 3. The monoisotopic (exact) mass is 586 g/mol. The zero-order valence-electron chi connectivity index (χ0n) is 19.0. The maximum atomic E-state index is 13.0. The predicted octanol–water partition coefficient (Wildman–Crippen LogP) is 6.76. The molecule has 0 unspecified atom stereocenters. The molecule has 1 saturated heterocycles. The van der Waals surface area contributed by atoms with Gasteiger partial charge in [0.2, 0.25) is 0 Å². The summed E-state index contributed by atoms with van der Waals surface area (Å²) in [4.78, 5) is 39.2. The van der Waals surface area contributed by atoms with E-state index in [-0.39, 0.29) is 17.4 Å². The van der Waals surface area contributed by atoms with Crippen LogP contribution in [0.5, 0.6) is 11.5 Å². The van der Waals surface area contributed by atoms with Crippen molar-refractivity contribution in [2.24, 2.45) is 0 Å². The van der Waals surface area contributed by atoms with Crippen molar-refractivity contribution in [2.45, 2.75) is 6.92 Å². The predicted molar refractivity (Wildman–Crippen MR) is 146 cm³/mol.